The van der Waals surface area contributed by atoms with Crippen molar-refractivity contribution in [3.8, 4) is 0 Å². The molecule has 1 amide bonds. The zero-order chi connectivity index (χ0) is 14.5. The number of carbonyl (C=O) groups excluding carboxylic acids is 1. The van der Waals surface area contributed by atoms with Crippen LogP contribution in [-0.4, -0.2) is 12.5 Å². The van der Waals surface area contributed by atoms with Gasteiger partial charge >= 0.3 is 0 Å². The number of anilines is 1. The summed E-state index contributed by atoms with van der Waals surface area (Å²) in [7, 11) is 0. The van der Waals surface area contributed by atoms with Crippen molar-refractivity contribution in [2.75, 3.05) is 12.3 Å². The van der Waals surface area contributed by atoms with Crippen LogP contribution in [0.5, 0.6) is 0 Å². The molecule has 0 radical (unpaired) electrons. The Morgan fingerprint density at radius 3 is 2.63 bits per heavy atom. The fraction of sp³-hybridized carbons (Fsp3) is 0.667. The smallest absolute Gasteiger partial charge is 0.261 e. The topological polar surface area (TPSA) is 55.1 Å². The van der Waals surface area contributed by atoms with Crippen LogP contribution in [0.25, 0.3) is 0 Å². The van der Waals surface area contributed by atoms with Crippen LogP contribution >= 0.6 is 11.3 Å². The highest BCUT2D eigenvalue weighted by atomic mass is 32.1. The molecular weight excluding hydrogens is 256 g/mol. The van der Waals surface area contributed by atoms with E-state index < -0.39 is 0 Å². The summed E-state index contributed by atoms with van der Waals surface area (Å²) in [6, 6.07) is 1.76. The number of thiophene rings is 1. The van der Waals surface area contributed by atoms with Gasteiger partial charge in [-0.2, -0.15) is 0 Å². The average molecular weight is 282 g/mol. The van der Waals surface area contributed by atoms with Crippen molar-refractivity contribution in [2.24, 2.45) is 5.41 Å². The molecule has 0 saturated heterocycles. The quantitative estimate of drug-likeness (QED) is 0.743. The number of rotatable bonds is 7. The summed E-state index contributed by atoms with van der Waals surface area (Å²) in [5, 5.41) is 3.02. The first-order valence-electron chi connectivity index (χ1n) is 7.00. The van der Waals surface area contributed by atoms with Crippen LogP contribution < -0.4 is 11.1 Å². The Bertz CT molecular complexity index is 404. The summed E-state index contributed by atoms with van der Waals surface area (Å²) < 4.78 is 0. The highest BCUT2D eigenvalue weighted by molar-refractivity contribution is 7.14. The van der Waals surface area contributed by atoms with E-state index in [1.54, 1.807) is 6.07 Å². The van der Waals surface area contributed by atoms with Gasteiger partial charge in [0.25, 0.3) is 5.91 Å². The molecule has 0 bridgehead atoms. The second kappa shape index (κ2) is 6.94. The third kappa shape index (κ3) is 5.23. The Balaban J connectivity index is 2.45. The molecule has 1 aromatic rings. The van der Waals surface area contributed by atoms with Crippen LogP contribution in [0.15, 0.2) is 6.07 Å². The monoisotopic (exact) mass is 282 g/mol. The lowest BCUT2D eigenvalue weighted by atomic mass is 9.87. The maximum Gasteiger partial charge on any atom is 0.261 e. The van der Waals surface area contributed by atoms with Gasteiger partial charge in [0.05, 0.1) is 4.88 Å². The van der Waals surface area contributed by atoms with Gasteiger partial charge in [-0.25, -0.2) is 0 Å². The molecule has 0 saturated carbocycles. The number of hydrogen-bond donors (Lipinski definition) is 2. The maximum absolute atomic E-state index is 12.0. The summed E-state index contributed by atoms with van der Waals surface area (Å²) in [6.07, 6.45) is 4.87. The van der Waals surface area contributed by atoms with Crippen molar-refractivity contribution in [2.45, 2.75) is 53.4 Å². The Morgan fingerprint density at radius 2 is 2.11 bits per heavy atom. The lowest BCUT2D eigenvalue weighted by Crippen LogP contribution is -2.33. The predicted octanol–water partition coefficient (Wildman–Crippen LogP) is 3.98. The minimum atomic E-state index is -0.00614. The Morgan fingerprint density at radius 1 is 1.42 bits per heavy atom. The van der Waals surface area contributed by atoms with Gasteiger partial charge in [-0.1, -0.05) is 40.0 Å². The van der Waals surface area contributed by atoms with Gasteiger partial charge in [0.1, 0.15) is 0 Å². The molecule has 1 heterocycles. The van der Waals surface area contributed by atoms with E-state index >= 15 is 0 Å². The predicted molar refractivity (Wildman–Crippen MR) is 83.7 cm³/mol. The second-order valence-electron chi connectivity index (χ2n) is 5.93. The first kappa shape index (κ1) is 16.0. The summed E-state index contributed by atoms with van der Waals surface area (Å²) in [5.74, 6) is -0.00614. The first-order chi connectivity index (χ1) is 8.85. The van der Waals surface area contributed by atoms with Gasteiger partial charge in [-0.15, -0.1) is 11.3 Å². The molecule has 0 unspecified atom stereocenters. The lowest BCUT2D eigenvalue weighted by Gasteiger charge is -2.24. The highest BCUT2D eigenvalue weighted by Gasteiger charge is 2.19. The normalized spacial score (nSPS) is 11.6. The van der Waals surface area contributed by atoms with E-state index in [9.17, 15) is 4.79 Å². The van der Waals surface area contributed by atoms with E-state index in [-0.39, 0.29) is 11.3 Å². The molecule has 108 valence electrons. The molecule has 0 aromatic carbocycles. The molecule has 3 N–H and O–H groups in total. The van der Waals surface area contributed by atoms with E-state index in [0.717, 1.165) is 11.3 Å². The van der Waals surface area contributed by atoms with Crippen LogP contribution in [0.4, 0.5) is 5.69 Å². The molecule has 0 fully saturated rings. The number of nitrogens with one attached hydrogen (secondary N) is 1. The van der Waals surface area contributed by atoms with E-state index in [1.807, 2.05) is 6.92 Å². The number of carbonyl (C=O) groups is 1. The van der Waals surface area contributed by atoms with E-state index in [1.165, 1.54) is 30.6 Å². The van der Waals surface area contributed by atoms with Gasteiger partial charge in [0.2, 0.25) is 0 Å². The number of nitrogen functional groups attached to an aromatic ring is 1. The van der Waals surface area contributed by atoms with Crippen LogP contribution in [0, 0.1) is 12.3 Å². The van der Waals surface area contributed by atoms with Crippen molar-refractivity contribution in [3.05, 3.63) is 15.8 Å². The van der Waals surface area contributed by atoms with Gasteiger partial charge in [-0.05, 0) is 24.8 Å². The van der Waals surface area contributed by atoms with Crippen LogP contribution in [0.1, 0.15) is 61.0 Å². The van der Waals surface area contributed by atoms with Crippen LogP contribution in [0.3, 0.4) is 0 Å². The molecule has 0 aliphatic heterocycles. The maximum atomic E-state index is 12.0. The van der Waals surface area contributed by atoms with Crippen molar-refractivity contribution < 1.29 is 4.79 Å². The fourth-order valence-corrected chi connectivity index (χ4v) is 2.81. The minimum Gasteiger partial charge on any atom is -0.398 e. The zero-order valence-corrected chi connectivity index (χ0v) is 13.3. The fourth-order valence-electron chi connectivity index (χ4n) is 1.96. The number of aryl methyl sites for hydroxylation is 1. The number of unbranched alkanes of at least 4 members (excludes halogenated alkanes) is 2. The molecule has 1 aromatic heterocycles. The number of nitrogens with two attached hydrogens (primary N) is 1. The number of amides is 1. The Labute approximate surface area is 120 Å². The third-order valence-corrected chi connectivity index (χ3v) is 4.43. The van der Waals surface area contributed by atoms with Gasteiger partial charge in [0.15, 0.2) is 0 Å². The van der Waals surface area contributed by atoms with E-state index in [0.29, 0.717) is 17.1 Å². The zero-order valence-electron chi connectivity index (χ0n) is 12.5. The largest absolute Gasteiger partial charge is 0.398 e. The van der Waals surface area contributed by atoms with Crippen LogP contribution in [-0.2, 0) is 0 Å². The molecule has 19 heavy (non-hydrogen) atoms. The highest BCUT2D eigenvalue weighted by Crippen LogP contribution is 2.25. The lowest BCUT2D eigenvalue weighted by molar-refractivity contribution is 0.0938. The molecule has 4 heteroatoms. The summed E-state index contributed by atoms with van der Waals surface area (Å²) in [6.45, 7) is 9.27. The summed E-state index contributed by atoms with van der Waals surface area (Å²) >= 11 is 1.46. The number of hydrogen-bond acceptors (Lipinski definition) is 3. The third-order valence-electron chi connectivity index (χ3n) is 3.36. The molecular formula is C15H26N2OS. The van der Waals surface area contributed by atoms with E-state index in [4.69, 9.17) is 5.73 Å². The second-order valence-corrected chi connectivity index (χ2v) is 7.18. The molecule has 0 aliphatic rings. The molecule has 0 atom stereocenters. The van der Waals surface area contributed by atoms with E-state index in [2.05, 4.69) is 26.1 Å². The van der Waals surface area contributed by atoms with Gasteiger partial charge < -0.3 is 11.1 Å². The Kier molecular flexibility index (Phi) is 5.85. The SMILES string of the molecule is CCCCCC(C)(C)CNC(=O)c1cc(N)c(C)s1. The Hall–Kier alpha value is -1.03. The standard InChI is InChI=1S/C15H26N2OS/c1-5-6-7-8-15(3,4)10-17-14(18)13-9-12(16)11(2)19-13/h9H,5-8,10,16H2,1-4H3,(H,17,18). The summed E-state index contributed by atoms with van der Waals surface area (Å²) in [5.41, 5.74) is 6.63. The minimum absolute atomic E-state index is 0.00614. The van der Waals surface area contributed by atoms with Gasteiger partial charge in [0, 0.05) is 17.1 Å². The average Bonchev–Trinajstić information content (AvgIpc) is 2.67. The van der Waals surface area contributed by atoms with Crippen molar-refractivity contribution >= 4 is 22.9 Å². The first-order valence-corrected chi connectivity index (χ1v) is 7.81. The molecule has 3 nitrogen and oxygen atoms in total. The van der Waals surface area contributed by atoms with Crippen LogP contribution in [0.2, 0.25) is 0 Å². The van der Waals surface area contributed by atoms with Crippen molar-refractivity contribution in [1.82, 2.24) is 5.32 Å². The molecule has 0 spiro atoms. The molecule has 0 aliphatic carbocycles. The van der Waals surface area contributed by atoms with Crippen molar-refractivity contribution in [3.63, 3.8) is 0 Å². The summed E-state index contributed by atoms with van der Waals surface area (Å²) in [4.78, 5) is 13.7. The van der Waals surface area contributed by atoms with Gasteiger partial charge in [-0.3, -0.25) is 4.79 Å². The molecule has 1 rings (SSSR count). The van der Waals surface area contributed by atoms with Crippen molar-refractivity contribution in [1.29, 1.82) is 0 Å².